The summed E-state index contributed by atoms with van der Waals surface area (Å²) in [5, 5.41) is 0. The van der Waals surface area contributed by atoms with Crippen LogP contribution >= 0.6 is 24.0 Å². The molecule has 2 rings (SSSR count). The lowest BCUT2D eigenvalue weighted by atomic mass is 9.87. The Morgan fingerprint density at radius 1 is 1.19 bits per heavy atom. The lowest BCUT2D eigenvalue weighted by Crippen LogP contribution is -2.34. The predicted molar refractivity (Wildman–Crippen MR) is 95.3 cm³/mol. The molecule has 0 unspecified atom stereocenters. The van der Waals surface area contributed by atoms with E-state index in [1.54, 1.807) is 4.90 Å². The molecule has 1 amide bonds. The Morgan fingerprint density at radius 3 is 2.19 bits per heavy atom. The molecule has 0 N–H and O–H groups in total. The summed E-state index contributed by atoms with van der Waals surface area (Å²) in [5.74, 6) is 0.0138. The Bertz CT molecular complexity index is 594. The van der Waals surface area contributed by atoms with Crippen LogP contribution in [0.1, 0.15) is 45.7 Å². The summed E-state index contributed by atoms with van der Waals surface area (Å²) >= 11 is 6.67. The summed E-state index contributed by atoms with van der Waals surface area (Å²) in [6.45, 7) is 10.5. The zero-order valence-electron chi connectivity index (χ0n) is 13.1. The van der Waals surface area contributed by atoms with E-state index in [9.17, 15) is 4.79 Å². The van der Waals surface area contributed by atoms with Gasteiger partial charge in [0.15, 0.2) is 0 Å². The molecule has 4 heteroatoms. The van der Waals surface area contributed by atoms with Gasteiger partial charge in [-0.25, -0.2) is 0 Å². The molecule has 1 aliphatic heterocycles. The highest BCUT2D eigenvalue weighted by Gasteiger charge is 2.33. The number of benzene rings is 1. The summed E-state index contributed by atoms with van der Waals surface area (Å²) in [6, 6.07) is 8.46. The third kappa shape index (κ3) is 3.55. The summed E-state index contributed by atoms with van der Waals surface area (Å²) in [6.07, 6.45) is 1.92. The van der Waals surface area contributed by atoms with Gasteiger partial charge in [0.05, 0.1) is 4.91 Å². The van der Waals surface area contributed by atoms with E-state index >= 15 is 0 Å². The number of thioether (sulfide) groups is 1. The molecule has 112 valence electrons. The Balaban J connectivity index is 2.25. The summed E-state index contributed by atoms with van der Waals surface area (Å²) < 4.78 is 0.646. The molecule has 0 atom stereocenters. The molecule has 1 saturated heterocycles. The summed E-state index contributed by atoms with van der Waals surface area (Å²) in [7, 11) is 0. The van der Waals surface area contributed by atoms with Crippen molar-refractivity contribution in [3.63, 3.8) is 0 Å². The molecule has 1 aromatic carbocycles. The van der Waals surface area contributed by atoms with E-state index in [4.69, 9.17) is 12.2 Å². The number of carbonyl (C=O) groups is 1. The van der Waals surface area contributed by atoms with Crippen molar-refractivity contribution in [2.24, 2.45) is 0 Å². The summed E-state index contributed by atoms with van der Waals surface area (Å²) in [4.78, 5) is 14.7. The highest BCUT2D eigenvalue weighted by Crippen LogP contribution is 2.34. The standard InChI is InChI=1S/C17H21NOS2/c1-11(2)18-15(19)14(21-16(18)20)10-12-6-8-13(9-7-12)17(3,4)5/h6-11H,1-5H3/b14-10+. The fraction of sp³-hybridized carbons (Fsp3) is 0.412. The number of rotatable bonds is 2. The second-order valence-corrected chi connectivity index (χ2v) is 8.19. The van der Waals surface area contributed by atoms with Gasteiger partial charge < -0.3 is 0 Å². The molecule has 1 aliphatic rings. The lowest BCUT2D eigenvalue weighted by Gasteiger charge is -2.19. The van der Waals surface area contributed by atoms with Crippen LogP contribution in [0.3, 0.4) is 0 Å². The van der Waals surface area contributed by atoms with E-state index in [1.165, 1.54) is 17.3 Å². The minimum atomic E-state index is 0.0138. The van der Waals surface area contributed by atoms with Crippen LogP contribution in [0.2, 0.25) is 0 Å². The Morgan fingerprint density at radius 2 is 1.76 bits per heavy atom. The van der Waals surface area contributed by atoms with Gasteiger partial charge in [-0.3, -0.25) is 9.69 Å². The van der Waals surface area contributed by atoms with Crippen LogP contribution in [-0.2, 0) is 10.2 Å². The molecule has 2 nitrogen and oxygen atoms in total. The largest absolute Gasteiger partial charge is 0.290 e. The fourth-order valence-electron chi connectivity index (χ4n) is 2.16. The van der Waals surface area contributed by atoms with Crippen LogP contribution in [0.15, 0.2) is 29.2 Å². The minimum Gasteiger partial charge on any atom is -0.290 e. The van der Waals surface area contributed by atoms with Gasteiger partial charge in [-0.2, -0.15) is 0 Å². The molecule has 0 aliphatic carbocycles. The van der Waals surface area contributed by atoms with Gasteiger partial charge in [0, 0.05) is 6.04 Å². The van der Waals surface area contributed by atoms with E-state index < -0.39 is 0 Å². The first-order chi connectivity index (χ1) is 9.70. The second kappa shape index (κ2) is 5.93. The zero-order valence-corrected chi connectivity index (χ0v) is 14.8. The van der Waals surface area contributed by atoms with Crippen molar-refractivity contribution < 1.29 is 4.79 Å². The topological polar surface area (TPSA) is 20.3 Å². The van der Waals surface area contributed by atoms with Crippen LogP contribution in [0.4, 0.5) is 0 Å². The maximum Gasteiger partial charge on any atom is 0.266 e. The molecule has 1 fully saturated rings. The van der Waals surface area contributed by atoms with E-state index in [0.717, 1.165) is 5.56 Å². The molecule has 21 heavy (non-hydrogen) atoms. The van der Waals surface area contributed by atoms with Gasteiger partial charge in [0.2, 0.25) is 0 Å². The number of hydrogen-bond donors (Lipinski definition) is 0. The number of amides is 1. The van der Waals surface area contributed by atoms with E-state index in [0.29, 0.717) is 9.23 Å². The smallest absolute Gasteiger partial charge is 0.266 e. The molecular formula is C17H21NOS2. The molecule has 0 bridgehead atoms. The van der Waals surface area contributed by atoms with Gasteiger partial charge in [-0.05, 0) is 36.5 Å². The zero-order chi connectivity index (χ0) is 15.8. The first kappa shape index (κ1) is 16.2. The number of nitrogens with zero attached hydrogens (tertiary/aromatic N) is 1. The van der Waals surface area contributed by atoms with E-state index in [1.807, 2.05) is 19.9 Å². The summed E-state index contributed by atoms with van der Waals surface area (Å²) in [5.41, 5.74) is 2.46. The van der Waals surface area contributed by atoms with E-state index in [2.05, 4.69) is 45.0 Å². The molecule has 0 saturated carbocycles. The van der Waals surface area contributed by atoms with Crippen molar-refractivity contribution in [3.8, 4) is 0 Å². The monoisotopic (exact) mass is 319 g/mol. The van der Waals surface area contributed by atoms with Crippen molar-refractivity contribution in [3.05, 3.63) is 40.3 Å². The predicted octanol–water partition coefficient (Wildman–Crippen LogP) is 4.59. The Hall–Kier alpha value is -1.13. The SMILES string of the molecule is CC(C)N1C(=O)/C(=C\c2ccc(C(C)(C)C)cc2)SC1=S. The van der Waals surface area contributed by atoms with Crippen molar-refractivity contribution in [1.29, 1.82) is 0 Å². The van der Waals surface area contributed by atoms with Crippen molar-refractivity contribution >= 4 is 40.3 Å². The third-order valence-electron chi connectivity index (χ3n) is 3.41. The normalized spacial score (nSPS) is 18.2. The van der Waals surface area contributed by atoms with Crippen LogP contribution in [0.5, 0.6) is 0 Å². The maximum absolute atomic E-state index is 12.3. The first-order valence-electron chi connectivity index (χ1n) is 7.08. The van der Waals surface area contributed by atoms with Crippen LogP contribution < -0.4 is 0 Å². The number of carbonyl (C=O) groups excluding carboxylic acids is 1. The van der Waals surface area contributed by atoms with E-state index in [-0.39, 0.29) is 17.4 Å². The average molecular weight is 319 g/mol. The molecule has 0 radical (unpaired) electrons. The molecular weight excluding hydrogens is 298 g/mol. The molecule has 1 heterocycles. The fourth-order valence-corrected chi connectivity index (χ4v) is 3.68. The highest BCUT2D eigenvalue weighted by molar-refractivity contribution is 8.26. The van der Waals surface area contributed by atoms with Crippen molar-refractivity contribution in [1.82, 2.24) is 4.90 Å². The second-order valence-electron chi connectivity index (χ2n) is 6.52. The van der Waals surface area contributed by atoms with Gasteiger partial charge >= 0.3 is 0 Å². The minimum absolute atomic E-state index is 0.0138. The third-order valence-corrected chi connectivity index (χ3v) is 4.74. The van der Waals surface area contributed by atoms with Crippen LogP contribution in [0, 0.1) is 0 Å². The number of thiocarbonyl (C=S) groups is 1. The molecule has 0 spiro atoms. The van der Waals surface area contributed by atoms with Crippen molar-refractivity contribution in [2.75, 3.05) is 0 Å². The molecule has 1 aromatic rings. The lowest BCUT2D eigenvalue weighted by molar-refractivity contribution is -0.123. The maximum atomic E-state index is 12.3. The Labute approximate surface area is 136 Å². The van der Waals surface area contributed by atoms with Crippen LogP contribution in [0.25, 0.3) is 6.08 Å². The van der Waals surface area contributed by atoms with Gasteiger partial charge in [0.25, 0.3) is 5.91 Å². The highest BCUT2D eigenvalue weighted by atomic mass is 32.2. The molecule has 0 aromatic heterocycles. The van der Waals surface area contributed by atoms with Gasteiger partial charge in [-0.1, -0.05) is 69.0 Å². The van der Waals surface area contributed by atoms with Crippen molar-refractivity contribution in [2.45, 2.75) is 46.1 Å². The van der Waals surface area contributed by atoms with Gasteiger partial charge in [-0.15, -0.1) is 0 Å². The Kier molecular flexibility index (Phi) is 4.59. The number of hydrogen-bond acceptors (Lipinski definition) is 3. The average Bonchev–Trinajstić information content (AvgIpc) is 2.64. The van der Waals surface area contributed by atoms with Crippen LogP contribution in [-0.4, -0.2) is 21.2 Å². The first-order valence-corrected chi connectivity index (χ1v) is 8.30. The van der Waals surface area contributed by atoms with Gasteiger partial charge in [0.1, 0.15) is 4.32 Å². The quantitative estimate of drug-likeness (QED) is 0.587.